The molecule has 0 aliphatic carbocycles. The van der Waals surface area contributed by atoms with Gasteiger partial charge in [-0.15, -0.1) is 0 Å². The average Bonchev–Trinajstić information content (AvgIpc) is 2.27. The third kappa shape index (κ3) is 0.771. The van der Waals surface area contributed by atoms with Crippen LogP contribution in [0.25, 0.3) is 0 Å². The maximum atomic E-state index is 5.65. The molecule has 1 aromatic heterocycles. The van der Waals surface area contributed by atoms with Crippen LogP contribution in [0, 0.1) is 0 Å². The van der Waals surface area contributed by atoms with E-state index in [9.17, 15) is 0 Å². The average molecular weight is 133 g/mol. The molecule has 0 amide bonds. The molecule has 0 radical (unpaired) electrons. The molecular weight excluding hydrogens is 125 g/mol. The van der Waals surface area contributed by atoms with Gasteiger partial charge in [0.05, 0.1) is 0 Å². The Hall–Kier alpha value is -1.03. The lowest BCUT2D eigenvalue weighted by Crippen LogP contribution is -2.32. The Labute approximate surface area is 59.9 Å². The van der Waals surface area contributed by atoms with Crippen LogP contribution < -0.4 is 16.5 Å². The molecule has 0 saturated heterocycles. The maximum Gasteiger partial charge on any atom is 0.205 e. The van der Waals surface area contributed by atoms with Gasteiger partial charge in [-0.05, 0) is 6.07 Å². The second-order valence-electron chi connectivity index (χ2n) is 2.49. The summed E-state index contributed by atoms with van der Waals surface area (Å²) in [5, 5.41) is 3.11. The Morgan fingerprint density at radius 2 is 2.60 bits per heavy atom. The van der Waals surface area contributed by atoms with Crippen LogP contribution in [0.15, 0.2) is 18.5 Å². The Bertz CT molecular complexity index is 226. The molecule has 2 heterocycles. The van der Waals surface area contributed by atoms with Crippen LogP contribution in [0.4, 0.5) is 5.69 Å². The summed E-state index contributed by atoms with van der Waals surface area (Å²) in [6.07, 6.45) is 3.60. The van der Waals surface area contributed by atoms with Crippen LogP contribution in [-0.2, 0) is 0 Å². The lowest BCUT2D eigenvalue weighted by molar-refractivity contribution is 1.05. The van der Waals surface area contributed by atoms with Crippen molar-refractivity contribution < 1.29 is 0 Å². The van der Waals surface area contributed by atoms with Crippen LogP contribution >= 0.6 is 0 Å². The van der Waals surface area contributed by atoms with Crippen molar-refractivity contribution in [3.05, 3.63) is 18.5 Å². The van der Waals surface area contributed by atoms with Crippen molar-refractivity contribution in [2.75, 3.05) is 5.32 Å². The summed E-state index contributed by atoms with van der Waals surface area (Å²) in [6, 6.07) is 2.08. The molecule has 0 saturated carbocycles. The van der Waals surface area contributed by atoms with Crippen LogP contribution in [0.5, 0.6) is 0 Å². The number of pyridine rings is 1. The number of fused-ring (bicyclic) bond motifs is 1. The van der Waals surface area contributed by atoms with Crippen LogP contribution in [-0.4, -0.2) is 18.3 Å². The summed E-state index contributed by atoms with van der Waals surface area (Å²) in [6.45, 7) is 0. The highest BCUT2D eigenvalue weighted by atomic mass is 15.0. The first-order valence-electron chi connectivity index (χ1n) is 3.31. The Morgan fingerprint density at radius 1 is 1.70 bits per heavy atom. The highest BCUT2D eigenvalue weighted by molar-refractivity contribution is 6.59. The van der Waals surface area contributed by atoms with Crippen molar-refractivity contribution >= 4 is 18.4 Å². The second kappa shape index (κ2) is 1.99. The highest BCUT2D eigenvalue weighted by Gasteiger charge is 2.17. The number of rotatable bonds is 0. The quantitative estimate of drug-likeness (QED) is 0.437. The summed E-state index contributed by atoms with van der Waals surface area (Å²) < 4.78 is 0. The van der Waals surface area contributed by atoms with Gasteiger partial charge in [0.2, 0.25) is 7.28 Å². The molecule has 1 aromatic rings. The predicted octanol–water partition coefficient (Wildman–Crippen LogP) is -1.19. The molecule has 4 heteroatoms. The van der Waals surface area contributed by atoms with Gasteiger partial charge in [-0.1, -0.05) is 5.46 Å². The van der Waals surface area contributed by atoms with Gasteiger partial charge in [0, 0.05) is 24.1 Å². The first-order chi connectivity index (χ1) is 4.86. The molecule has 0 spiro atoms. The van der Waals surface area contributed by atoms with Gasteiger partial charge in [-0.2, -0.15) is 0 Å². The topological polar surface area (TPSA) is 50.9 Å². The SMILES string of the molecule is NC1Bc2ccncc2N1. The van der Waals surface area contributed by atoms with Crippen molar-refractivity contribution in [1.82, 2.24) is 4.98 Å². The molecule has 1 atom stereocenters. The fraction of sp³-hybridized carbons (Fsp3) is 0.167. The van der Waals surface area contributed by atoms with Gasteiger partial charge in [0.25, 0.3) is 0 Å². The smallest absolute Gasteiger partial charge is 0.205 e. The fourth-order valence-corrected chi connectivity index (χ4v) is 1.22. The first kappa shape index (κ1) is 5.74. The molecule has 3 N–H and O–H groups in total. The third-order valence-corrected chi connectivity index (χ3v) is 1.69. The minimum Gasteiger partial charge on any atom is -0.376 e. The van der Waals surface area contributed by atoms with E-state index in [1.54, 1.807) is 6.20 Å². The van der Waals surface area contributed by atoms with E-state index in [0.29, 0.717) is 0 Å². The molecule has 0 bridgehead atoms. The fourth-order valence-electron chi connectivity index (χ4n) is 1.22. The van der Waals surface area contributed by atoms with Crippen molar-refractivity contribution in [1.29, 1.82) is 0 Å². The van der Waals surface area contributed by atoms with Crippen molar-refractivity contribution in [3.63, 3.8) is 0 Å². The third-order valence-electron chi connectivity index (χ3n) is 1.69. The van der Waals surface area contributed by atoms with Crippen LogP contribution in [0.3, 0.4) is 0 Å². The Balaban J connectivity index is 2.42. The van der Waals surface area contributed by atoms with E-state index >= 15 is 0 Å². The second-order valence-corrected chi connectivity index (χ2v) is 2.49. The largest absolute Gasteiger partial charge is 0.376 e. The van der Waals surface area contributed by atoms with Crippen LogP contribution in [0.1, 0.15) is 0 Å². The van der Waals surface area contributed by atoms with Gasteiger partial charge in [0.1, 0.15) is 0 Å². The lowest BCUT2D eigenvalue weighted by atomic mass is 9.70. The highest BCUT2D eigenvalue weighted by Crippen LogP contribution is 2.06. The Kier molecular flexibility index (Phi) is 1.14. The number of nitrogens with one attached hydrogen (secondary N) is 1. The molecular formula is C6H8BN3. The maximum absolute atomic E-state index is 5.65. The first-order valence-corrected chi connectivity index (χ1v) is 3.31. The summed E-state index contributed by atoms with van der Waals surface area (Å²) in [5.41, 5.74) is 7.99. The summed E-state index contributed by atoms with van der Waals surface area (Å²) >= 11 is 0. The molecule has 0 aromatic carbocycles. The van der Waals surface area contributed by atoms with Gasteiger partial charge in [0.15, 0.2) is 0 Å². The molecule has 10 heavy (non-hydrogen) atoms. The number of aromatic nitrogens is 1. The van der Waals surface area contributed by atoms with E-state index in [1.807, 2.05) is 12.3 Å². The predicted molar refractivity (Wildman–Crippen MR) is 42.6 cm³/mol. The standard InChI is InChI=1S/C6H8BN3/c8-6-7-4-1-2-9-3-5(4)10-6/h1-3,6-7,10H,8H2. The molecule has 0 fully saturated rings. The molecule has 50 valence electrons. The zero-order valence-corrected chi connectivity index (χ0v) is 5.54. The number of hydrogen-bond donors (Lipinski definition) is 2. The zero-order chi connectivity index (χ0) is 6.97. The van der Waals surface area contributed by atoms with E-state index < -0.39 is 0 Å². The lowest BCUT2D eigenvalue weighted by Gasteiger charge is -2.00. The van der Waals surface area contributed by atoms with Gasteiger partial charge >= 0.3 is 0 Å². The molecule has 2 rings (SSSR count). The zero-order valence-electron chi connectivity index (χ0n) is 5.54. The van der Waals surface area contributed by atoms with E-state index in [-0.39, 0.29) is 6.07 Å². The summed E-state index contributed by atoms with van der Waals surface area (Å²) in [7, 11) is 0.915. The Morgan fingerprint density at radius 3 is 3.40 bits per heavy atom. The minimum atomic E-state index is 0.0826. The van der Waals surface area contributed by atoms with Crippen molar-refractivity contribution in [3.8, 4) is 0 Å². The normalized spacial score (nSPS) is 21.1. The summed E-state index contributed by atoms with van der Waals surface area (Å²) in [4.78, 5) is 3.97. The van der Waals surface area contributed by atoms with Crippen LogP contribution in [0.2, 0.25) is 0 Å². The minimum absolute atomic E-state index is 0.0826. The number of nitrogens with zero attached hydrogens (tertiary/aromatic N) is 1. The van der Waals surface area contributed by atoms with E-state index in [1.165, 1.54) is 5.46 Å². The van der Waals surface area contributed by atoms with Gasteiger partial charge in [-0.25, -0.2) is 0 Å². The van der Waals surface area contributed by atoms with Crippen molar-refractivity contribution in [2.45, 2.75) is 6.07 Å². The number of anilines is 1. The molecule has 1 aliphatic rings. The van der Waals surface area contributed by atoms with E-state index in [2.05, 4.69) is 10.3 Å². The van der Waals surface area contributed by atoms with Crippen molar-refractivity contribution in [2.24, 2.45) is 5.73 Å². The van der Waals surface area contributed by atoms with E-state index in [4.69, 9.17) is 5.73 Å². The van der Waals surface area contributed by atoms with Gasteiger partial charge < -0.3 is 11.1 Å². The molecule has 1 unspecified atom stereocenters. The van der Waals surface area contributed by atoms with Gasteiger partial charge in [-0.3, -0.25) is 4.98 Å². The van der Waals surface area contributed by atoms with E-state index in [0.717, 1.165) is 13.0 Å². The monoisotopic (exact) mass is 133 g/mol. The summed E-state index contributed by atoms with van der Waals surface area (Å²) in [5.74, 6) is 0. The number of nitrogens with two attached hydrogens (primary N) is 1. The molecule has 3 nitrogen and oxygen atoms in total. The number of hydrogen-bond acceptors (Lipinski definition) is 3. The molecule has 1 aliphatic heterocycles.